The van der Waals surface area contributed by atoms with Gasteiger partial charge in [-0.3, -0.25) is 62.5 Å². The van der Waals surface area contributed by atoms with E-state index in [-0.39, 0.29) is 55.7 Å². The number of nitrogens with zero attached hydrogens (tertiary/aromatic N) is 16. The Morgan fingerprint density at radius 2 is 0.837 bits per heavy atom. The minimum atomic E-state index is -0.665. The number of piperidine rings is 1. The van der Waals surface area contributed by atoms with Gasteiger partial charge < -0.3 is 59.3 Å². The van der Waals surface area contributed by atoms with E-state index in [4.69, 9.17) is 29.3 Å². The minimum absolute atomic E-state index is 0.0504. The topological polar surface area (TPSA) is 471 Å². The summed E-state index contributed by atoms with van der Waals surface area (Å²) in [7, 11) is 7.43. The number of hydrogen-bond donors (Lipinski definition) is 10. The number of amides is 5. The van der Waals surface area contributed by atoms with Gasteiger partial charge in [0.25, 0.3) is 23.6 Å². The number of pyridine rings is 4. The van der Waals surface area contributed by atoms with E-state index in [0.717, 1.165) is 167 Å². The second-order valence-corrected chi connectivity index (χ2v) is 35.6. The van der Waals surface area contributed by atoms with Crippen molar-refractivity contribution in [3.05, 3.63) is 346 Å². The predicted molar refractivity (Wildman–Crippen MR) is 559 cm³/mol. The molecule has 1 fully saturated rings. The van der Waals surface area contributed by atoms with Crippen LogP contribution in [-0.4, -0.2) is 161 Å². The van der Waals surface area contributed by atoms with Crippen LogP contribution in [0.25, 0.3) is 99.7 Å². The number of hydrogen-bond acceptors (Lipinski definition) is 28. The molecule has 0 unspecified atom stereocenters. The molecule has 4 aliphatic rings. The first-order chi connectivity index (χ1) is 71.6. The first kappa shape index (κ1) is 96.2. The molecular weight excluding hydrogens is 1870 g/mol. The van der Waals surface area contributed by atoms with Crippen LogP contribution in [0.3, 0.4) is 0 Å². The largest absolute Gasteiger partial charge is 0.345 e. The number of hydroxylamine groups is 4. The number of benzene rings is 9. The molecule has 39 heteroatoms. The zero-order chi connectivity index (χ0) is 102. The molecule has 0 radical (unpaired) electrons. The maximum Gasteiger partial charge on any atom is 0.280 e. The number of carbonyl (C=O) groups excluding carboxylic acids is 5. The van der Waals surface area contributed by atoms with E-state index in [1.807, 2.05) is 152 Å². The third kappa shape index (κ3) is 20.2. The molecule has 19 aromatic rings. The second kappa shape index (κ2) is 42.1. The van der Waals surface area contributed by atoms with E-state index < -0.39 is 45.3 Å². The van der Waals surface area contributed by atoms with Crippen molar-refractivity contribution in [2.75, 3.05) is 75.2 Å². The summed E-state index contributed by atoms with van der Waals surface area (Å²) >= 11 is 0. The smallest absolute Gasteiger partial charge is 0.280 e. The van der Waals surface area contributed by atoms with Gasteiger partial charge in [-0.15, -0.1) is 0 Å². The number of aromatic amines is 1. The number of imidazole rings is 2. The summed E-state index contributed by atoms with van der Waals surface area (Å²) < 4.78 is 9.00. The lowest BCUT2D eigenvalue weighted by Gasteiger charge is -2.29. The lowest BCUT2D eigenvalue weighted by Crippen LogP contribution is -2.29. The lowest BCUT2D eigenvalue weighted by molar-refractivity contribution is -0.115. The highest BCUT2D eigenvalue weighted by atomic mass is 16.7. The Morgan fingerprint density at radius 3 is 1.33 bits per heavy atom. The van der Waals surface area contributed by atoms with Crippen molar-refractivity contribution in [2.24, 2.45) is 0 Å². The van der Waals surface area contributed by atoms with Gasteiger partial charge in [0, 0.05) is 107 Å². The van der Waals surface area contributed by atoms with E-state index in [1.54, 1.807) is 24.6 Å². The number of anilines is 9. The van der Waals surface area contributed by atoms with Crippen molar-refractivity contribution in [3.63, 3.8) is 0 Å². The molecule has 10 N–H and O–H groups in total. The summed E-state index contributed by atoms with van der Waals surface area (Å²) in [5, 5.41) is 18.6. The van der Waals surface area contributed by atoms with Gasteiger partial charge in [0.15, 0.2) is 22.6 Å². The number of aryl methyl sites for hydroxylation is 6. The van der Waals surface area contributed by atoms with Gasteiger partial charge in [0.2, 0.25) is 51.4 Å². The van der Waals surface area contributed by atoms with Crippen LogP contribution in [0.4, 0.5) is 52.2 Å². The first-order valence-electron chi connectivity index (χ1n) is 47.7. The Kier molecular flexibility index (Phi) is 27.5. The quantitative estimate of drug-likeness (QED) is 0.0266. The van der Waals surface area contributed by atoms with E-state index in [0.29, 0.717) is 58.5 Å². The maximum atomic E-state index is 13.3. The summed E-state index contributed by atoms with van der Waals surface area (Å²) in [6.45, 7) is 7.20. The van der Waals surface area contributed by atoms with Crippen molar-refractivity contribution in [1.82, 2.24) is 104 Å². The Bertz CT molecular complexity index is 8690. The van der Waals surface area contributed by atoms with Crippen molar-refractivity contribution in [3.8, 4) is 22.7 Å². The fraction of sp³-hybridized carbons (Fsp3) is 0.194. The summed E-state index contributed by atoms with van der Waals surface area (Å²) in [5.41, 5.74) is 27.3. The van der Waals surface area contributed by atoms with Crippen LogP contribution in [0.1, 0.15) is 126 Å². The Balaban J connectivity index is 0.000000119. The highest BCUT2D eigenvalue weighted by molar-refractivity contribution is 6.02. The van der Waals surface area contributed by atoms with Crippen LogP contribution in [-0.2, 0) is 69.2 Å². The number of carbonyl (C=O) groups is 5. The minimum Gasteiger partial charge on any atom is -0.345 e. The maximum absolute atomic E-state index is 13.3. The van der Waals surface area contributed by atoms with Crippen LogP contribution in [0.15, 0.2) is 263 Å². The highest BCUT2D eigenvalue weighted by Gasteiger charge is 2.28. The Labute approximate surface area is 836 Å². The normalized spacial score (nSPS) is 13.1. The van der Waals surface area contributed by atoms with Gasteiger partial charge in [-0.05, 0) is 256 Å². The average Bonchev–Trinajstić information content (AvgIpc) is 1.43. The predicted octanol–water partition coefficient (Wildman–Crippen LogP) is 14.5. The number of aromatic nitrogens is 16. The highest BCUT2D eigenvalue weighted by Crippen LogP contribution is 2.35. The van der Waals surface area contributed by atoms with E-state index >= 15 is 0 Å². The summed E-state index contributed by atoms with van der Waals surface area (Å²) in [5.74, 6) is -0.795. The zero-order valence-electron chi connectivity index (χ0n) is 80.8. The number of fused-ring (bicyclic) bond motifs is 10. The molecule has 738 valence electrons. The van der Waals surface area contributed by atoms with Gasteiger partial charge in [0.1, 0.15) is 22.3 Å². The molecule has 39 nitrogen and oxygen atoms in total. The molecule has 10 aromatic heterocycles. The van der Waals surface area contributed by atoms with Crippen LogP contribution in [0.5, 0.6) is 0 Å². The Morgan fingerprint density at radius 1 is 0.408 bits per heavy atom. The molecule has 23 rings (SSSR count). The SMILES string of the molecule is CCc1ccc(-n2cc(C(=O)NOC)c(=O)c3cnc(Nc4ccc5c(c4)CC(=O)N5)nc32)cc1.CCn1cnc2cc(Nc3ncc4c(=O)c(C(=O)NOC)cn(-c5ccc6c(c5)CCC6)c4n3)ccc21.CONC(=O)c1cn(-c2ccc3c(c2)CCC3)c2nc(Nc3ccc4nc[nH]c4c3)ncc2c1=O.CONC(=O)c1cn(-c2ccc3ccccc3c2)c2nc(Nc3ccc(C4CCN(C)CC4)cc3)ncc2c1=O. The van der Waals surface area contributed by atoms with Crippen molar-refractivity contribution < 1.29 is 43.3 Å². The third-order valence-corrected chi connectivity index (χ3v) is 26.3. The molecule has 2 aliphatic carbocycles. The van der Waals surface area contributed by atoms with Crippen molar-refractivity contribution >= 4 is 159 Å². The van der Waals surface area contributed by atoms with Gasteiger partial charge in [-0.1, -0.05) is 73.7 Å². The van der Waals surface area contributed by atoms with E-state index in [9.17, 15) is 43.2 Å². The molecule has 2 aliphatic heterocycles. The number of nitrogens with one attached hydrogen (secondary N) is 10. The van der Waals surface area contributed by atoms with Gasteiger partial charge in [-0.25, -0.2) is 51.8 Å². The van der Waals surface area contributed by atoms with Crippen LogP contribution in [0, 0.1) is 0 Å². The summed E-state index contributed by atoms with van der Waals surface area (Å²) in [6, 6.07) is 59.4. The van der Waals surface area contributed by atoms with E-state index in [1.165, 1.54) is 106 Å². The third-order valence-electron chi connectivity index (χ3n) is 26.3. The fourth-order valence-corrected chi connectivity index (χ4v) is 18.8. The molecule has 5 amide bonds. The average molecular weight is 1970 g/mol. The first-order valence-corrected chi connectivity index (χ1v) is 47.7. The number of rotatable bonds is 23. The molecule has 0 atom stereocenters. The fourth-order valence-electron chi connectivity index (χ4n) is 18.8. The van der Waals surface area contributed by atoms with E-state index in [2.05, 4.69) is 160 Å². The molecule has 0 spiro atoms. The molecule has 147 heavy (non-hydrogen) atoms. The molecule has 1 saturated heterocycles. The molecule has 0 saturated carbocycles. The Hall–Kier alpha value is -18.3. The number of likely N-dealkylation sites (tertiary alicyclic amines) is 1. The summed E-state index contributed by atoms with van der Waals surface area (Å²) in [4.78, 5) is 184. The standard InChI is InChI=1S/C31H30N6O3.C27H25N7O3.C25H21N7O3.C25H22N6O4/c1-36-15-13-22(14-16-36)21-7-10-24(11-8-21)33-31-32-18-26-28(38)27(30(39)35-40-2)19-37(29(26)34-31)25-12-9-20-5-3-4-6-23(20)17-25;1-3-33-15-29-22-12-18(8-10-23(22)33)30-27-28-13-20-24(35)21(26(36)32-37-2)14-34(25(20)31-27)19-9-7-16-5-4-6-17(16)11-19;1-35-31-24(34)19-12-32(17-7-5-14-3-2-4-15(14)9-17)23-18(22(19)33)11-26-25(30-23)29-16-6-8-20-21(10-16)28-13-27-20;1-3-14-4-7-17(8-5-14)31-13-19(24(34)30-35-2)22(33)18-12-26-25(29-23(18)31)27-16-6-9-20-15(10-16)11-21(32)28-20/h3-12,17-19,22H,13-16H2,1-2H3,(H,35,39)(H,32,33,34);7-15H,3-6H2,1-2H3,(H,32,36)(H,28,30,31);5-13H,2-4H2,1H3,(H,27,28)(H,31,34)(H,26,29,30);4-10,12-13H,3,11H2,1-2H3,(H,28,32)(H,30,34)(H,26,27,29). The summed E-state index contributed by atoms with van der Waals surface area (Å²) in [6.07, 6.45) is 25.0. The van der Waals surface area contributed by atoms with Crippen molar-refractivity contribution in [2.45, 2.75) is 90.5 Å². The van der Waals surface area contributed by atoms with Crippen LogP contribution >= 0.6 is 0 Å². The van der Waals surface area contributed by atoms with Gasteiger partial charge in [0.05, 0.1) is 91.1 Å². The van der Waals surface area contributed by atoms with Crippen LogP contribution < -0.4 is 70.2 Å². The molecule has 12 heterocycles. The lowest BCUT2D eigenvalue weighted by atomic mass is 9.89. The zero-order valence-corrected chi connectivity index (χ0v) is 80.8. The molecular formula is C108H98N26O13. The molecule has 9 aromatic carbocycles. The van der Waals surface area contributed by atoms with Crippen LogP contribution in [0.2, 0.25) is 0 Å². The monoisotopic (exact) mass is 1970 g/mol. The second-order valence-electron chi connectivity index (χ2n) is 35.6. The molecule has 0 bridgehead atoms. The number of H-pyrrole nitrogens is 1. The van der Waals surface area contributed by atoms with Gasteiger partial charge >= 0.3 is 0 Å². The van der Waals surface area contributed by atoms with Crippen molar-refractivity contribution in [1.29, 1.82) is 0 Å². The van der Waals surface area contributed by atoms with Gasteiger partial charge in [-0.2, -0.15) is 19.9 Å².